The van der Waals surface area contributed by atoms with Gasteiger partial charge in [0, 0.05) is 18.6 Å². The summed E-state index contributed by atoms with van der Waals surface area (Å²) in [5.41, 5.74) is 0.519. The summed E-state index contributed by atoms with van der Waals surface area (Å²) >= 11 is 0. The third-order valence-electron chi connectivity index (χ3n) is 20.7. The first-order valence-corrected chi connectivity index (χ1v) is 27.5. The van der Waals surface area contributed by atoms with Gasteiger partial charge in [0.25, 0.3) is 0 Å². The maximum Gasteiger partial charge on any atom is 0.220 e. The van der Waals surface area contributed by atoms with Gasteiger partial charge in [0.15, 0.2) is 18.9 Å². The van der Waals surface area contributed by atoms with Crippen LogP contribution in [0.5, 0.6) is 0 Å². The molecule has 32 unspecified atom stereocenters. The molecular formula is C51H85NO22. The highest BCUT2D eigenvalue weighted by molar-refractivity contribution is 5.17. The number of piperidine rings is 1. The monoisotopic (exact) mass is 1060 g/mol. The van der Waals surface area contributed by atoms with Crippen molar-refractivity contribution in [2.75, 3.05) is 33.0 Å². The first kappa shape index (κ1) is 56.4. The Morgan fingerprint density at radius 3 is 1.66 bits per heavy atom. The van der Waals surface area contributed by atoms with Crippen LogP contribution in [-0.4, -0.2) is 245 Å². The molecule has 23 heteroatoms. The molecule has 0 amide bonds. The largest absolute Gasteiger partial charge is 0.394 e. The summed E-state index contributed by atoms with van der Waals surface area (Å²) < 4.78 is 41.1. The van der Waals surface area contributed by atoms with Gasteiger partial charge < -0.3 is 99.5 Å². The molecule has 10 aliphatic rings. The molecule has 0 aromatic carbocycles. The van der Waals surface area contributed by atoms with E-state index in [-0.39, 0.29) is 11.5 Å². The van der Waals surface area contributed by atoms with Crippen molar-refractivity contribution in [2.45, 2.75) is 233 Å². The lowest BCUT2D eigenvalue weighted by atomic mass is 9.44. The molecule has 6 saturated heterocycles. The second-order valence-corrected chi connectivity index (χ2v) is 24.5. The fraction of sp³-hybridized carbons (Fsp3) is 1.00. The van der Waals surface area contributed by atoms with Gasteiger partial charge in [0.05, 0.1) is 32.5 Å². The van der Waals surface area contributed by atoms with Gasteiger partial charge in [-0.3, -0.25) is 4.90 Å². The van der Waals surface area contributed by atoms with Gasteiger partial charge in [-0.25, -0.2) is 9.78 Å². The minimum atomic E-state index is -2.04. The lowest BCUT2D eigenvalue weighted by Crippen LogP contribution is -2.68. The molecule has 6 heterocycles. The van der Waals surface area contributed by atoms with Crippen molar-refractivity contribution in [2.24, 2.45) is 52.3 Å². The lowest BCUT2D eigenvalue weighted by molar-refractivity contribution is -0.452. The topological polar surface area (TPSA) is 349 Å². The summed E-state index contributed by atoms with van der Waals surface area (Å²) in [4.78, 5) is 14.8. The molecule has 4 aliphatic carbocycles. The summed E-state index contributed by atoms with van der Waals surface area (Å²) in [6.07, 6.45) is -25.5. The molecule has 4 saturated carbocycles. The molecular weight excluding hydrogens is 979 g/mol. The number of aliphatic hydroxyl groups is 13. The third kappa shape index (κ3) is 9.66. The second kappa shape index (κ2) is 22.2. The summed E-state index contributed by atoms with van der Waals surface area (Å²) in [5, 5.41) is 139. The third-order valence-corrected chi connectivity index (χ3v) is 20.7. The van der Waals surface area contributed by atoms with Gasteiger partial charge >= 0.3 is 0 Å². The van der Waals surface area contributed by atoms with Gasteiger partial charge in [-0.05, 0) is 116 Å². The van der Waals surface area contributed by atoms with Gasteiger partial charge in [-0.2, -0.15) is 0 Å². The van der Waals surface area contributed by atoms with Crippen LogP contribution in [0.2, 0.25) is 0 Å². The van der Waals surface area contributed by atoms with Crippen LogP contribution in [-0.2, 0) is 42.9 Å². The van der Waals surface area contributed by atoms with E-state index >= 15 is 0 Å². The van der Waals surface area contributed by atoms with Crippen molar-refractivity contribution >= 4 is 0 Å². The van der Waals surface area contributed by atoms with Crippen LogP contribution in [0.4, 0.5) is 0 Å². The predicted octanol–water partition coefficient (Wildman–Crippen LogP) is -3.04. The molecule has 74 heavy (non-hydrogen) atoms. The Bertz CT molecular complexity index is 1870. The molecule has 0 bridgehead atoms. The van der Waals surface area contributed by atoms with Crippen molar-refractivity contribution in [1.29, 1.82) is 0 Å². The van der Waals surface area contributed by atoms with E-state index in [0.717, 1.165) is 49.0 Å². The molecule has 426 valence electrons. The summed E-state index contributed by atoms with van der Waals surface area (Å²) in [7, 11) is 0. The summed E-state index contributed by atoms with van der Waals surface area (Å²) in [5.74, 6) is 4.73. The maximum atomic E-state index is 11.7. The minimum absolute atomic E-state index is 0.148. The number of hydrogen-bond acceptors (Lipinski definition) is 23. The van der Waals surface area contributed by atoms with Gasteiger partial charge in [0.2, 0.25) is 6.29 Å². The van der Waals surface area contributed by atoms with E-state index < -0.39 is 149 Å². The molecule has 23 nitrogen and oxygen atoms in total. The number of nitrogens with zero attached hydrogens (tertiary/aromatic N) is 1. The SMILES string of the molecule is CC1CCC2C(C)C3C(CC4C5CCC6CC(OOC7OC(CO)C(OC8OC(CO)C(O)C(OC9OC(CO)C(O)C(O)C9O)C8OC8OC(CO)C(O)C(O)C8O)C(O)C7O)CCC6(C)C5CCC43C)N2C1. The molecule has 13 N–H and O–H groups in total. The molecule has 32 atom stereocenters. The van der Waals surface area contributed by atoms with Crippen LogP contribution in [0.15, 0.2) is 0 Å². The van der Waals surface area contributed by atoms with E-state index in [1.54, 1.807) is 0 Å². The lowest BCUT2D eigenvalue weighted by Gasteiger charge is -2.61. The minimum Gasteiger partial charge on any atom is -0.394 e. The smallest absolute Gasteiger partial charge is 0.220 e. The van der Waals surface area contributed by atoms with Crippen LogP contribution in [0.25, 0.3) is 0 Å². The van der Waals surface area contributed by atoms with Crippen LogP contribution < -0.4 is 0 Å². The van der Waals surface area contributed by atoms with E-state index in [2.05, 4.69) is 32.6 Å². The molecule has 0 spiro atoms. The van der Waals surface area contributed by atoms with Crippen LogP contribution in [0.1, 0.15) is 91.9 Å². The highest BCUT2D eigenvalue weighted by Gasteiger charge is 2.67. The molecule has 10 fully saturated rings. The first-order chi connectivity index (χ1) is 35.3. The van der Waals surface area contributed by atoms with E-state index in [1.165, 1.54) is 45.1 Å². The summed E-state index contributed by atoms with van der Waals surface area (Å²) in [6.45, 7) is 7.88. The average molecular weight is 1060 g/mol. The van der Waals surface area contributed by atoms with Crippen LogP contribution >= 0.6 is 0 Å². The van der Waals surface area contributed by atoms with E-state index in [4.69, 9.17) is 42.9 Å². The quantitative estimate of drug-likeness (QED) is 0.0644. The first-order valence-electron chi connectivity index (χ1n) is 27.5. The van der Waals surface area contributed by atoms with Crippen molar-refractivity contribution < 1.29 is 109 Å². The van der Waals surface area contributed by atoms with E-state index in [0.29, 0.717) is 35.6 Å². The zero-order valence-electron chi connectivity index (χ0n) is 42.9. The zero-order valence-corrected chi connectivity index (χ0v) is 42.9. The standard InChI is InChI=1S/C51H85NO22/c1-20-5-8-27-21(2)33-28(52(27)15-20)14-26-24-7-6-22-13-23(9-11-50(22,3)25(24)10-12-51(26,33)4)73-74-48-42(65)39(62)43(32(19-56)69-48)70-49-45(72-47-41(64)38(61)35(58)30(17-54)67-47)44(36(59)31(18-55)68-49)71-46-40(63)37(60)34(57)29(16-53)66-46/h20-49,53-65H,5-19H2,1-4H3. The molecule has 0 aromatic rings. The molecule has 10 rings (SSSR count). The highest BCUT2D eigenvalue weighted by atomic mass is 17.2. The normalized spacial score (nSPS) is 56.7. The Labute approximate surface area is 431 Å². The van der Waals surface area contributed by atoms with E-state index in [9.17, 15) is 66.4 Å². The fourth-order valence-electron chi connectivity index (χ4n) is 16.8. The molecule has 6 aliphatic heterocycles. The van der Waals surface area contributed by atoms with Crippen LogP contribution in [0.3, 0.4) is 0 Å². The van der Waals surface area contributed by atoms with Gasteiger partial charge in [-0.1, -0.05) is 27.7 Å². The average Bonchev–Trinajstić information content (AvgIpc) is 3.86. The van der Waals surface area contributed by atoms with Crippen molar-refractivity contribution in [3.05, 3.63) is 0 Å². The Balaban J connectivity index is 0.804. The molecule has 0 radical (unpaired) electrons. The zero-order chi connectivity index (χ0) is 52.9. The number of aliphatic hydroxyl groups excluding tert-OH is 13. The fourth-order valence-corrected chi connectivity index (χ4v) is 16.8. The maximum absolute atomic E-state index is 11.7. The van der Waals surface area contributed by atoms with Gasteiger partial charge in [-0.15, -0.1) is 0 Å². The Morgan fingerprint density at radius 2 is 1.03 bits per heavy atom. The van der Waals surface area contributed by atoms with Crippen molar-refractivity contribution in [3.8, 4) is 0 Å². The molecule has 0 aromatic heterocycles. The van der Waals surface area contributed by atoms with Crippen LogP contribution in [0, 0.1) is 52.3 Å². The van der Waals surface area contributed by atoms with Gasteiger partial charge in [0.1, 0.15) is 97.7 Å². The highest BCUT2D eigenvalue weighted by Crippen LogP contribution is 2.71. The number of rotatable bonds is 13. The van der Waals surface area contributed by atoms with Crippen molar-refractivity contribution in [3.63, 3.8) is 0 Å². The number of ether oxygens (including phenoxy) is 7. The Hall–Kier alpha value is -0.920. The summed E-state index contributed by atoms with van der Waals surface area (Å²) in [6, 6.07) is 1.43. The van der Waals surface area contributed by atoms with E-state index in [1.807, 2.05) is 0 Å². The number of fused-ring (bicyclic) bond motifs is 9. The van der Waals surface area contributed by atoms with Crippen molar-refractivity contribution in [1.82, 2.24) is 4.90 Å². The second-order valence-electron chi connectivity index (χ2n) is 24.5. The predicted molar refractivity (Wildman–Crippen MR) is 250 cm³/mol. The Kier molecular flexibility index (Phi) is 16.9. The number of hydrogen-bond donors (Lipinski definition) is 13. The Morgan fingerprint density at radius 1 is 0.473 bits per heavy atom.